The average molecular weight is 307 g/mol. The molecule has 0 heterocycles. The lowest BCUT2D eigenvalue weighted by atomic mass is 10.0. The van der Waals surface area contributed by atoms with Crippen LogP contribution in [0.4, 0.5) is 0 Å². The number of halogens is 1. The minimum atomic E-state index is -0.494. The van der Waals surface area contributed by atoms with Crippen LogP contribution < -0.4 is 0 Å². The number of esters is 1. The Morgan fingerprint density at radius 1 is 0.950 bits per heavy atom. The first-order valence-electron chi connectivity index (χ1n) is 8.01. The van der Waals surface area contributed by atoms with Crippen molar-refractivity contribution in [2.24, 2.45) is 0 Å². The van der Waals surface area contributed by atoms with Gasteiger partial charge in [-0.25, -0.2) is 4.79 Å². The Balaban J connectivity index is 3.38. The maximum Gasteiger partial charge on any atom is 0.335 e. The summed E-state index contributed by atoms with van der Waals surface area (Å²) in [5.74, 6) is -0.318. The number of hydrogen-bond acceptors (Lipinski definition) is 3. The third-order valence-electron chi connectivity index (χ3n) is 3.55. The van der Waals surface area contributed by atoms with Crippen LogP contribution in [0.2, 0.25) is 0 Å². The fourth-order valence-corrected chi connectivity index (χ4v) is 2.45. The van der Waals surface area contributed by atoms with Crippen molar-refractivity contribution in [3.8, 4) is 0 Å². The Morgan fingerprint density at radius 3 is 1.90 bits per heavy atom. The average Bonchev–Trinajstić information content (AvgIpc) is 2.47. The highest BCUT2D eigenvalue weighted by molar-refractivity contribution is 6.17. The van der Waals surface area contributed by atoms with Gasteiger partial charge < -0.3 is 9.47 Å². The van der Waals surface area contributed by atoms with Gasteiger partial charge in [-0.05, 0) is 6.42 Å². The molecule has 1 atom stereocenters. The topological polar surface area (TPSA) is 35.5 Å². The monoisotopic (exact) mass is 306 g/mol. The molecule has 0 amide bonds. The van der Waals surface area contributed by atoms with E-state index in [-0.39, 0.29) is 12.0 Å². The highest BCUT2D eigenvalue weighted by Crippen LogP contribution is 2.13. The molecule has 0 saturated heterocycles. The lowest BCUT2D eigenvalue weighted by Crippen LogP contribution is -2.25. The molecule has 0 saturated carbocycles. The van der Waals surface area contributed by atoms with E-state index >= 15 is 0 Å². The molecule has 4 heteroatoms. The number of ether oxygens (including phenoxy) is 2. The van der Waals surface area contributed by atoms with Gasteiger partial charge in [-0.2, -0.15) is 0 Å². The molecule has 20 heavy (non-hydrogen) atoms. The summed E-state index contributed by atoms with van der Waals surface area (Å²) in [7, 11) is 1.38. The molecule has 0 radical (unpaired) electrons. The van der Waals surface area contributed by atoms with Crippen LogP contribution in [0.15, 0.2) is 0 Å². The van der Waals surface area contributed by atoms with E-state index in [1.54, 1.807) is 0 Å². The van der Waals surface area contributed by atoms with Crippen LogP contribution in [0.25, 0.3) is 0 Å². The Bertz CT molecular complexity index is 222. The fourth-order valence-electron chi connectivity index (χ4n) is 2.29. The second kappa shape index (κ2) is 15.1. The third kappa shape index (κ3) is 11.5. The zero-order chi connectivity index (χ0) is 15.1. The molecule has 0 aliphatic rings. The van der Waals surface area contributed by atoms with E-state index in [1.807, 2.05) is 0 Å². The van der Waals surface area contributed by atoms with Crippen molar-refractivity contribution in [2.45, 2.75) is 83.7 Å². The van der Waals surface area contributed by atoms with Crippen LogP contribution in [-0.4, -0.2) is 25.2 Å². The van der Waals surface area contributed by atoms with Crippen molar-refractivity contribution in [1.29, 1.82) is 0 Å². The predicted octanol–water partition coefficient (Wildman–Crippen LogP) is 5.05. The first-order chi connectivity index (χ1) is 9.76. The SMILES string of the molecule is CCCCCCCCCCCCC(OCCl)C(=O)OC. The molecular formula is C16H31ClO3. The number of alkyl halides is 1. The van der Waals surface area contributed by atoms with E-state index in [0.29, 0.717) is 6.42 Å². The van der Waals surface area contributed by atoms with Crippen LogP contribution in [0.1, 0.15) is 77.6 Å². The molecule has 0 aromatic heterocycles. The summed E-state index contributed by atoms with van der Waals surface area (Å²) in [5.41, 5.74) is 0. The summed E-state index contributed by atoms with van der Waals surface area (Å²) < 4.78 is 9.85. The largest absolute Gasteiger partial charge is 0.467 e. The van der Waals surface area contributed by atoms with Crippen LogP contribution in [-0.2, 0) is 14.3 Å². The number of rotatable bonds is 14. The summed E-state index contributed by atoms with van der Waals surface area (Å²) in [6.45, 7) is 2.25. The molecule has 1 unspecified atom stereocenters. The summed E-state index contributed by atoms with van der Waals surface area (Å²) in [5, 5.41) is 0. The second-order valence-corrected chi connectivity index (χ2v) is 5.48. The maximum absolute atomic E-state index is 11.4. The lowest BCUT2D eigenvalue weighted by Gasteiger charge is -2.13. The Morgan fingerprint density at radius 2 is 1.45 bits per heavy atom. The molecule has 3 nitrogen and oxygen atoms in total. The van der Waals surface area contributed by atoms with E-state index in [1.165, 1.54) is 58.5 Å². The molecule has 0 aromatic rings. The number of hydrogen-bond donors (Lipinski definition) is 0. The van der Waals surface area contributed by atoms with Crippen molar-refractivity contribution < 1.29 is 14.3 Å². The molecule has 0 bridgehead atoms. The second-order valence-electron chi connectivity index (χ2n) is 5.26. The number of carbonyl (C=O) groups is 1. The van der Waals surface area contributed by atoms with Gasteiger partial charge in [0, 0.05) is 0 Å². The van der Waals surface area contributed by atoms with Crippen molar-refractivity contribution in [3.63, 3.8) is 0 Å². The Hall–Kier alpha value is -0.280. The Labute approximate surface area is 129 Å². The normalized spacial score (nSPS) is 12.3. The van der Waals surface area contributed by atoms with Gasteiger partial charge >= 0.3 is 5.97 Å². The molecule has 0 fully saturated rings. The zero-order valence-electron chi connectivity index (χ0n) is 13.2. The van der Waals surface area contributed by atoms with Crippen LogP contribution in [0, 0.1) is 0 Å². The quantitative estimate of drug-likeness (QED) is 0.256. The molecule has 0 aliphatic carbocycles. The zero-order valence-corrected chi connectivity index (χ0v) is 13.9. The van der Waals surface area contributed by atoms with Gasteiger partial charge in [-0.1, -0.05) is 82.7 Å². The summed E-state index contributed by atoms with van der Waals surface area (Å²) >= 11 is 5.50. The van der Waals surface area contributed by atoms with E-state index in [9.17, 15) is 4.79 Å². The maximum atomic E-state index is 11.4. The summed E-state index contributed by atoms with van der Waals surface area (Å²) in [4.78, 5) is 11.4. The van der Waals surface area contributed by atoms with E-state index in [0.717, 1.165) is 12.8 Å². The number of carbonyl (C=O) groups excluding carboxylic acids is 1. The molecule has 0 aromatic carbocycles. The first kappa shape index (κ1) is 19.7. The molecule has 0 aliphatic heterocycles. The van der Waals surface area contributed by atoms with Gasteiger partial charge in [0.25, 0.3) is 0 Å². The minimum Gasteiger partial charge on any atom is -0.467 e. The third-order valence-corrected chi connectivity index (χ3v) is 3.67. The predicted molar refractivity (Wildman–Crippen MR) is 84.1 cm³/mol. The molecule has 120 valence electrons. The van der Waals surface area contributed by atoms with Crippen molar-refractivity contribution >= 4 is 17.6 Å². The van der Waals surface area contributed by atoms with Gasteiger partial charge in [-0.15, -0.1) is 0 Å². The number of unbranched alkanes of at least 4 members (excludes halogenated alkanes) is 9. The number of methoxy groups -OCH3 is 1. The van der Waals surface area contributed by atoms with E-state index in [2.05, 4.69) is 11.7 Å². The van der Waals surface area contributed by atoms with Crippen LogP contribution in [0.5, 0.6) is 0 Å². The minimum absolute atomic E-state index is 0.0392. The standard InChI is InChI=1S/C16H31ClO3/c1-3-4-5-6-7-8-9-10-11-12-13-15(20-14-17)16(18)19-2/h15H,3-14H2,1-2H3. The van der Waals surface area contributed by atoms with Crippen molar-refractivity contribution in [3.05, 3.63) is 0 Å². The van der Waals surface area contributed by atoms with E-state index < -0.39 is 6.10 Å². The van der Waals surface area contributed by atoms with Gasteiger partial charge in [-0.3, -0.25) is 0 Å². The molecule has 0 rings (SSSR count). The van der Waals surface area contributed by atoms with Crippen molar-refractivity contribution in [2.75, 3.05) is 13.2 Å². The fraction of sp³-hybridized carbons (Fsp3) is 0.938. The van der Waals surface area contributed by atoms with Gasteiger partial charge in [0.1, 0.15) is 6.07 Å². The molecule has 0 N–H and O–H groups in total. The molecular weight excluding hydrogens is 276 g/mol. The summed E-state index contributed by atoms with van der Waals surface area (Å²) in [6.07, 6.45) is 13.0. The van der Waals surface area contributed by atoms with Crippen LogP contribution in [0.3, 0.4) is 0 Å². The highest BCUT2D eigenvalue weighted by atomic mass is 35.5. The van der Waals surface area contributed by atoms with Gasteiger partial charge in [0.05, 0.1) is 7.11 Å². The molecule has 0 spiro atoms. The highest BCUT2D eigenvalue weighted by Gasteiger charge is 2.18. The van der Waals surface area contributed by atoms with E-state index in [4.69, 9.17) is 16.3 Å². The van der Waals surface area contributed by atoms with Crippen molar-refractivity contribution in [1.82, 2.24) is 0 Å². The van der Waals surface area contributed by atoms with Crippen LogP contribution >= 0.6 is 11.6 Å². The first-order valence-corrected chi connectivity index (χ1v) is 8.55. The lowest BCUT2D eigenvalue weighted by molar-refractivity contribution is -0.153. The van der Waals surface area contributed by atoms with Gasteiger partial charge in [0.15, 0.2) is 6.10 Å². The Kier molecular flexibility index (Phi) is 14.9. The van der Waals surface area contributed by atoms with Gasteiger partial charge in [0.2, 0.25) is 0 Å². The smallest absolute Gasteiger partial charge is 0.335 e. The summed E-state index contributed by atoms with van der Waals surface area (Å²) in [6, 6.07) is 0.0392.